The highest BCUT2D eigenvalue weighted by atomic mass is 16.5. The van der Waals surface area contributed by atoms with Crippen molar-refractivity contribution in [1.29, 1.82) is 0 Å². The number of carbonyl (C=O) groups excluding carboxylic acids is 1. The molecule has 1 aromatic heterocycles. The molecule has 0 unspecified atom stereocenters. The van der Waals surface area contributed by atoms with Crippen LogP contribution in [0.15, 0.2) is 47.7 Å². The van der Waals surface area contributed by atoms with Gasteiger partial charge < -0.3 is 24.3 Å². The molecular formula is C28H31N3O5. The molecule has 0 saturated carbocycles. The zero-order valence-electron chi connectivity index (χ0n) is 21.4. The second-order valence-corrected chi connectivity index (χ2v) is 9.93. The van der Waals surface area contributed by atoms with E-state index in [1.807, 2.05) is 30.3 Å². The topological polar surface area (TPSA) is 94.7 Å². The minimum absolute atomic E-state index is 0.114. The van der Waals surface area contributed by atoms with Crippen molar-refractivity contribution in [2.24, 2.45) is 5.41 Å². The van der Waals surface area contributed by atoms with E-state index in [1.54, 1.807) is 34.5 Å². The number of fused-ring (bicyclic) bond motifs is 1. The molecule has 0 radical (unpaired) electrons. The molecule has 0 saturated heterocycles. The Morgan fingerprint density at radius 3 is 2.19 bits per heavy atom. The second-order valence-electron chi connectivity index (χ2n) is 9.93. The summed E-state index contributed by atoms with van der Waals surface area (Å²) >= 11 is 0. The van der Waals surface area contributed by atoms with Crippen molar-refractivity contribution in [3.05, 3.63) is 58.8 Å². The zero-order chi connectivity index (χ0) is 25.6. The van der Waals surface area contributed by atoms with Crippen LogP contribution in [0.25, 0.3) is 11.3 Å². The van der Waals surface area contributed by atoms with Crippen LogP contribution in [0.3, 0.4) is 0 Å². The number of anilines is 1. The normalized spacial score (nSPS) is 18.2. The molecule has 36 heavy (non-hydrogen) atoms. The van der Waals surface area contributed by atoms with Gasteiger partial charge in [-0.1, -0.05) is 13.8 Å². The molecule has 5 rings (SSSR count). The fourth-order valence-electron chi connectivity index (χ4n) is 5.36. The van der Waals surface area contributed by atoms with Gasteiger partial charge in [0.2, 0.25) is 0 Å². The molecule has 1 aliphatic carbocycles. The summed E-state index contributed by atoms with van der Waals surface area (Å²) in [5.41, 5.74) is 4.95. The average molecular weight is 490 g/mol. The predicted molar refractivity (Wildman–Crippen MR) is 137 cm³/mol. The molecule has 0 fully saturated rings. The number of aromatic nitrogens is 2. The van der Waals surface area contributed by atoms with E-state index in [9.17, 15) is 4.79 Å². The molecule has 8 heteroatoms. The van der Waals surface area contributed by atoms with Gasteiger partial charge in [-0.05, 0) is 42.2 Å². The van der Waals surface area contributed by atoms with E-state index >= 15 is 0 Å². The van der Waals surface area contributed by atoms with Gasteiger partial charge in [-0.2, -0.15) is 5.10 Å². The van der Waals surface area contributed by atoms with Crippen LogP contribution in [-0.2, 0) is 4.79 Å². The fraction of sp³-hybridized carbons (Fsp3) is 0.357. The number of nitrogens with one attached hydrogen (secondary N) is 2. The molecule has 8 nitrogen and oxygen atoms in total. The van der Waals surface area contributed by atoms with Gasteiger partial charge in [0.1, 0.15) is 11.5 Å². The number of H-pyrrole nitrogens is 1. The van der Waals surface area contributed by atoms with Crippen LogP contribution in [-0.4, -0.2) is 44.4 Å². The molecular weight excluding hydrogens is 458 g/mol. The van der Waals surface area contributed by atoms with Crippen LogP contribution < -0.4 is 24.3 Å². The third kappa shape index (κ3) is 3.86. The molecule has 0 amide bonds. The van der Waals surface area contributed by atoms with E-state index in [-0.39, 0.29) is 11.2 Å². The van der Waals surface area contributed by atoms with Crippen molar-refractivity contribution in [2.45, 2.75) is 32.6 Å². The van der Waals surface area contributed by atoms with Gasteiger partial charge >= 0.3 is 0 Å². The third-order valence-corrected chi connectivity index (χ3v) is 7.00. The van der Waals surface area contributed by atoms with E-state index in [1.165, 1.54) is 0 Å². The number of benzene rings is 2. The highest BCUT2D eigenvalue weighted by Gasteiger charge is 2.44. The molecule has 2 aromatic carbocycles. The SMILES string of the molecule is COc1ccc(-c2[nH]nc3c2[C@H](c2cc(OC)c(OC)cc2OC)C2=C(CC(C)(C)CC2=O)N3)cc1. The number of nitrogens with zero attached hydrogens (tertiary/aromatic N) is 1. The Hall–Kier alpha value is -3.94. The van der Waals surface area contributed by atoms with E-state index in [0.717, 1.165) is 45.8 Å². The Kier molecular flexibility index (Phi) is 5.90. The Morgan fingerprint density at radius 2 is 1.56 bits per heavy atom. The third-order valence-electron chi connectivity index (χ3n) is 7.00. The summed E-state index contributed by atoms with van der Waals surface area (Å²) in [6, 6.07) is 11.5. The van der Waals surface area contributed by atoms with Crippen molar-refractivity contribution >= 4 is 11.6 Å². The van der Waals surface area contributed by atoms with Crippen LogP contribution in [0, 0.1) is 5.41 Å². The van der Waals surface area contributed by atoms with Gasteiger partial charge in [0.25, 0.3) is 0 Å². The second kappa shape index (κ2) is 8.93. The van der Waals surface area contributed by atoms with Gasteiger partial charge in [-0.3, -0.25) is 9.89 Å². The Morgan fingerprint density at radius 1 is 0.889 bits per heavy atom. The quantitative estimate of drug-likeness (QED) is 0.484. The lowest BCUT2D eigenvalue weighted by Gasteiger charge is -2.38. The van der Waals surface area contributed by atoms with Crippen molar-refractivity contribution in [3.63, 3.8) is 0 Å². The molecule has 188 valence electrons. The number of allylic oxidation sites excluding steroid dienone is 2. The number of hydrogen-bond acceptors (Lipinski definition) is 7. The standard InChI is InChI=1S/C28H31N3O5/c1-28(2)13-18-24(19(32)14-28)23(17-11-21(35-5)22(36-6)12-20(17)34-4)25-26(30-31-27(25)29-18)15-7-9-16(33-3)10-8-15/h7-12,23H,13-14H2,1-6H3,(H2,29,30,31)/t23-/m1/s1. The lowest BCUT2D eigenvalue weighted by molar-refractivity contribution is -0.118. The summed E-state index contributed by atoms with van der Waals surface area (Å²) in [5.74, 6) is 2.89. The summed E-state index contributed by atoms with van der Waals surface area (Å²) in [6.07, 6.45) is 1.20. The largest absolute Gasteiger partial charge is 0.497 e. The molecule has 3 aromatic rings. The highest BCUT2D eigenvalue weighted by molar-refractivity contribution is 6.02. The van der Waals surface area contributed by atoms with E-state index in [2.05, 4.69) is 29.4 Å². The number of ether oxygens (including phenoxy) is 4. The van der Waals surface area contributed by atoms with Crippen LogP contribution in [0.4, 0.5) is 5.82 Å². The monoisotopic (exact) mass is 489 g/mol. The van der Waals surface area contributed by atoms with Crippen molar-refractivity contribution < 1.29 is 23.7 Å². The summed E-state index contributed by atoms with van der Waals surface area (Å²) in [4.78, 5) is 13.7. The minimum Gasteiger partial charge on any atom is -0.497 e. The number of methoxy groups -OCH3 is 4. The number of rotatable bonds is 6. The van der Waals surface area contributed by atoms with Gasteiger partial charge in [-0.15, -0.1) is 0 Å². The van der Waals surface area contributed by atoms with Crippen molar-refractivity contribution in [1.82, 2.24) is 10.2 Å². The summed E-state index contributed by atoms with van der Waals surface area (Å²) in [6.45, 7) is 4.23. The van der Waals surface area contributed by atoms with E-state index < -0.39 is 5.92 Å². The Balaban J connectivity index is 1.78. The molecule has 0 bridgehead atoms. The van der Waals surface area contributed by atoms with Crippen LogP contribution in [0.2, 0.25) is 0 Å². The first-order valence-electron chi connectivity index (χ1n) is 11.9. The lowest BCUT2D eigenvalue weighted by Crippen LogP contribution is -2.33. The number of carbonyl (C=O) groups is 1. The number of ketones is 1. The minimum atomic E-state index is -0.412. The molecule has 1 aliphatic heterocycles. The van der Waals surface area contributed by atoms with Crippen molar-refractivity contribution in [2.75, 3.05) is 33.8 Å². The van der Waals surface area contributed by atoms with Crippen LogP contribution in [0.1, 0.15) is 43.7 Å². The summed E-state index contributed by atoms with van der Waals surface area (Å²) in [5, 5.41) is 11.3. The molecule has 0 spiro atoms. The number of hydrogen-bond donors (Lipinski definition) is 2. The van der Waals surface area contributed by atoms with E-state index in [4.69, 9.17) is 18.9 Å². The predicted octanol–water partition coefficient (Wildman–Crippen LogP) is 5.31. The molecule has 2 heterocycles. The maximum Gasteiger partial charge on any atom is 0.164 e. The van der Waals surface area contributed by atoms with Gasteiger partial charge in [0, 0.05) is 46.4 Å². The smallest absolute Gasteiger partial charge is 0.164 e. The highest BCUT2D eigenvalue weighted by Crippen LogP contribution is 2.53. The first-order chi connectivity index (χ1) is 17.3. The van der Waals surface area contributed by atoms with E-state index in [0.29, 0.717) is 29.5 Å². The zero-order valence-corrected chi connectivity index (χ0v) is 21.4. The fourth-order valence-corrected chi connectivity index (χ4v) is 5.36. The first kappa shape index (κ1) is 23.8. The number of aromatic amines is 1. The molecule has 2 N–H and O–H groups in total. The number of Topliss-reactive ketones (excluding diaryl/α,β-unsaturated/α-hetero) is 1. The van der Waals surface area contributed by atoms with Crippen LogP contribution in [0.5, 0.6) is 23.0 Å². The molecule has 2 aliphatic rings. The van der Waals surface area contributed by atoms with Gasteiger partial charge in [0.05, 0.1) is 34.1 Å². The molecule has 1 atom stereocenters. The summed E-state index contributed by atoms with van der Waals surface area (Å²) < 4.78 is 22.3. The first-order valence-corrected chi connectivity index (χ1v) is 11.9. The maximum atomic E-state index is 13.7. The van der Waals surface area contributed by atoms with Crippen LogP contribution >= 0.6 is 0 Å². The van der Waals surface area contributed by atoms with Gasteiger partial charge in [-0.25, -0.2) is 0 Å². The van der Waals surface area contributed by atoms with Crippen molar-refractivity contribution in [3.8, 4) is 34.3 Å². The lowest BCUT2D eigenvalue weighted by atomic mass is 9.68. The average Bonchev–Trinajstić information content (AvgIpc) is 3.29. The van der Waals surface area contributed by atoms with Gasteiger partial charge in [0.15, 0.2) is 23.1 Å². The Labute approximate surface area is 210 Å². The maximum absolute atomic E-state index is 13.7. The summed E-state index contributed by atoms with van der Waals surface area (Å²) in [7, 11) is 6.44. The Bertz CT molecular complexity index is 1350.